The maximum absolute atomic E-state index is 13.5. The van der Waals surface area contributed by atoms with E-state index in [9.17, 15) is 9.59 Å². The summed E-state index contributed by atoms with van der Waals surface area (Å²) >= 11 is 30.9. The summed E-state index contributed by atoms with van der Waals surface area (Å²) in [6, 6.07) is 15.4. The van der Waals surface area contributed by atoms with Gasteiger partial charge in [0, 0.05) is 20.6 Å². The predicted octanol–water partition coefficient (Wildman–Crippen LogP) is 7.90. The minimum atomic E-state index is -0.545. The molecule has 6 nitrogen and oxygen atoms in total. The number of carbonyl (C=O) groups excluding carboxylic acids is 2. The van der Waals surface area contributed by atoms with E-state index in [1.165, 1.54) is 16.9 Å². The summed E-state index contributed by atoms with van der Waals surface area (Å²) in [7, 11) is 1.27. The molecule has 0 unspecified atom stereocenters. The Bertz CT molecular complexity index is 1440. The van der Waals surface area contributed by atoms with Gasteiger partial charge < -0.3 is 14.4 Å². The van der Waals surface area contributed by atoms with Gasteiger partial charge in [-0.05, 0) is 104 Å². The van der Waals surface area contributed by atoms with Gasteiger partial charge in [-0.3, -0.25) is 14.5 Å². The molecule has 0 aromatic heterocycles. The summed E-state index contributed by atoms with van der Waals surface area (Å²) in [5.41, 5.74) is 2.15. The molecule has 3 aromatic carbocycles. The number of halogens is 5. The van der Waals surface area contributed by atoms with Gasteiger partial charge in [-0.1, -0.05) is 40.9 Å². The molecule has 1 aliphatic heterocycles. The highest BCUT2D eigenvalue weighted by molar-refractivity contribution is 9.11. The van der Waals surface area contributed by atoms with Crippen LogP contribution in [0.25, 0.3) is 6.08 Å². The van der Waals surface area contributed by atoms with E-state index in [1.807, 2.05) is 0 Å². The molecule has 38 heavy (non-hydrogen) atoms. The zero-order valence-corrected chi connectivity index (χ0v) is 25.8. The highest BCUT2D eigenvalue weighted by Crippen LogP contribution is 2.37. The molecular weight excluding hydrogens is 703 g/mol. The maximum atomic E-state index is 13.5. The monoisotopic (exact) mass is 716 g/mol. The van der Waals surface area contributed by atoms with E-state index in [0.717, 1.165) is 5.56 Å². The smallest absolute Gasteiger partial charge is 0.325 e. The lowest BCUT2D eigenvalue weighted by Gasteiger charge is -2.19. The van der Waals surface area contributed by atoms with Crippen molar-refractivity contribution >= 4 is 108 Å². The zero-order valence-electron chi connectivity index (χ0n) is 19.5. The topological polar surface area (TPSA) is 59.1 Å². The molecule has 0 radical (unpaired) electrons. The van der Waals surface area contributed by atoms with Crippen LogP contribution in [0.3, 0.4) is 0 Å². The standard InChI is InChI=1S/C26H17Br2Cl3N2O4S/c1-36-23(34)12-32-22(25(35)33(26(32)38)18-6-4-16(29)5-7-18)10-14-8-19(27)24(20(28)9-14)37-13-15-2-3-17(30)11-21(15)31/h2-11H,12-13H2,1H3/b22-10-. The molecule has 1 aliphatic rings. The van der Waals surface area contributed by atoms with Crippen molar-refractivity contribution in [2.24, 2.45) is 0 Å². The molecule has 1 fully saturated rings. The van der Waals surface area contributed by atoms with Crippen LogP contribution in [0.15, 0.2) is 69.2 Å². The molecule has 0 saturated carbocycles. The van der Waals surface area contributed by atoms with Crippen LogP contribution in [-0.2, 0) is 20.9 Å². The number of ether oxygens (including phenoxy) is 2. The van der Waals surface area contributed by atoms with E-state index < -0.39 is 11.9 Å². The summed E-state index contributed by atoms with van der Waals surface area (Å²) in [5, 5.41) is 1.70. The maximum Gasteiger partial charge on any atom is 0.325 e. The van der Waals surface area contributed by atoms with Crippen LogP contribution in [0.4, 0.5) is 5.69 Å². The lowest BCUT2D eigenvalue weighted by atomic mass is 10.1. The van der Waals surface area contributed by atoms with Gasteiger partial charge >= 0.3 is 5.97 Å². The number of carbonyl (C=O) groups is 2. The summed E-state index contributed by atoms with van der Waals surface area (Å²) in [5.74, 6) is -0.400. The molecule has 0 atom stereocenters. The van der Waals surface area contributed by atoms with Crippen LogP contribution in [0.2, 0.25) is 15.1 Å². The Labute approximate surface area is 256 Å². The van der Waals surface area contributed by atoms with E-state index in [1.54, 1.807) is 60.7 Å². The van der Waals surface area contributed by atoms with Crippen molar-refractivity contribution in [1.82, 2.24) is 4.90 Å². The van der Waals surface area contributed by atoms with E-state index in [2.05, 4.69) is 31.9 Å². The fourth-order valence-electron chi connectivity index (χ4n) is 3.59. The summed E-state index contributed by atoms with van der Waals surface area (Å²) in [6.45, 7) is -0.0221. The zero-order chi connectivity index (χ0) is 27.6. The molecular formula is C26H17Br2Cl3N2O4S. The second-order valence-corrected chi connectivity index (χ2v) is 11.3. The van der Waals surface area contributed by atoms with Crippen molar-refractivity contribution in [1.29, 1.82) is 0 Å². The van der Waals surface area contributed by atoms with Crippen LogP contribution in [0.5, 0.6) is 5.75 Å². The van der Waals surface area contributed by atoms with Crippen LogP contribution in [0.1, 0.15) is 11.1 Å². The number of esters is 1. The molecule has 1 amide bonds. The first-order valence-corrected chi connectivity index (χ1v) is 14.0. The van der Waals surface area contributed by atoms with Gasteiger partial charge in [0.05, 0.1) is 21.7 Å². The van der Waals surface area contributed by atoms with Gasteiger partial charge in [-0.15, -0.1) is 0 Å². The quantitative estimate of drug-likeness (QED) is 0.141. The van der Waals surface area contributed by atoms with Gasteiger partial charge in [0.2, 0.25) is 0 Å². The molecule has 1 saturated heterocycles. The Morgan fingerprint density at radius 3 is 2.24 bits per heavy atom. The molecule has 0 bridgehead atoms. The predicted molar refractivity (Wildman–Crippen MR) is 161 cm³/mol. The molecule has 4 rings (SSSR count). The highest BCUT2D eigenvalue weighted by atomic mass is 79.9. The lowest BCUT2D eigenvalue weighted by Crippen LogP contribution is -2.35. The molecule has 0 spiro atoms. The number of anilines is 1. The van der Waals surface area contributed by atoms with Gasteiger partial charge in [0.15, 0.2) is 5.11 Å². The number of methoxy groups -OCH3 is 1. The molecule has 0 aliphatic carbocycles. The molecule has 12 heteroatoms. The third kappa shape index (κ3) is 6.35. The number of benzene rings is 3. The van der Waals surface area contributed by atoms with E-state index >= 15 is 0 Å². The van der Waals surface area contributed by atoms with Gasteiger partial charge in [-0.2, -0.15) is 0 Å². The number of hydrogen-bond acceptors (Lipinski definition) is 5. The first-order valence-electron chi connectivity index (χ1n) is 10.8. The van der Waals surface area contributed by atoms with Crippen LogP contribution >= 0.6 is 78.9 Å². The number of rotatable bonds is 7. The Kier molecular flexibility index (Phi) is 9.39. The van der Waals surface area contributed by atoms with E-state index in [4.69, 9.17) is 56.5 Å². The van der Waals surface area contributed by atoms with Gasteiger partial charge in [-0.25, -0.2) is 0 Å². The average molecular weight is 720 g/mol. The molecule has 3 aromatic rings. The second kappa shape index (κ2) is 12.4. The normalized spacial score (nSPS) is 14.4. The Balaban J connectivity index is 1.66. The minimum absolute atomic E-state index is 0.145. The van der Waals surface area contributed by atoms with Crippen LogP contribution in [-0.4, -0.2) is 35.5 Å². The number of thiocarbonyl (C=S) groups is 1. The summed E-state index contributed by atoms with van der Waals surface area (Å²) < 4.78 is 12.1. The van der Waals surface area contributed by atoms with E-state index in [0.29, 0.717) is 41.0 Å². The number of nitrogens with zero attached hydrogens (tertiary/aromatic N) is 2. The van der Waals surface area contributed by atoms with Crippen LogP contribution in [0, 0.1) is 0 Å². The summed E-state index contributed by atoms with van der Waals surface area (Å²) in [6.07, 6.45) is 1.64. The molecule has 0 N–H and O–H groups in total. The lowest BCUT2D eigenvalue weighted by molar-refractivity contribution is -0.140. The Hall–Kier alpha value is -2.14. The first kappa shape index (κ1) is 28.9. The largest absolute Gasteiger partial charge is 0.486 e. The van der Waals surface area contributed by atoms with Gasteiger partial charge in [0.25, 0.3) is 5.91 Å². The SMILES string of the molecule is COC(=O)CN1C(=S)N(c2ccc(Cl)cc2)C(=O)/C1=C/c1cc(Br)c(OCc2ccc(Cl)cc2Cl)c(Br)c1. The second-order valence-electron chi connectivity index (χ2n) is 7.93. The third-order valence-electron chi connectivity index (χ3n) is 5.45. The Morgan fingerprint density at radius 1 is 1.00 bits per heavy atom. The van der Waals surface area contributed by atoms with Crippen molar-refractivity contribution in [2.45, 2.75) is 6.61 Å². The van der Waals surface area contributed by atoms with Crippen molar-refractivity contribution in [3.05, 3.63) is 95.4 Å². The molecule has 1 heterocycles. The average Bonchev–Trinajstić information content (AvgIpc) is 3.09. The van der Waals surface area contributed by atoms with Crippen LogP contribution < -0.4 is 9.64 Å². The fourth-order valence-corrected chi connectivity index (χ4v) is 5.98. The van der Waals surface area contributed by atoms with E-state index in [-0.39, 0.29) is 24.0 Å². The fraction of sp³-hybridized carbons (Fsp3) is 0.115. The summed E-state index contributed by atoms with van der Waals surface area (Å²) in [4.78, 5) is 28.4. The number of hydrogen-bond donors (Lipinski definition) is 0. The highest BCUT2D eigenvalue weighted by Gasteiger charge is 2.40. The van der Waals surface area contributed by atoms with Crippen molar-refractivity contribution < 1.29 is 19.1 Å². The first-order chi connectivity index (χ1) is 18.1. The van der Waals surface area contributed by atoms with Crippen molar-refractivity contribution in [3.8, 4) is 5.75 Å². The van der Waals surface area contributed by atoms with Crippen molar-refractivity contribution in [2.75, 3.05) is 18.6 Å². The third-order valence-corrected chi connectivity index (χ3v) is 7.87. The number of amides is 1. The van der Waals surface area contributed by atoms with Crippen molar-refractivity contribution in [3.63, 3.8) is 0 Å². The minimum Gasteiger partial charge on any atom is -0.486 e. The van der Waals surface area contributed by atoms with Gasteiger partial charge in [0.1, 0.15) is 24.6 Å². The Morgan fingerprint density at radius 2 is 1.63 bits per heavy atom. The molecule has 196 valence electrons.